The molecule has 0 aliphatic heterocycles. The van der Waals surface area contributed by atoms with Crippen LogP contribution < -0.4 is 5.73 Å². The lowest BCUT2D eigenvalue weighted by Crippen LogP contribution is -2.17. The molecule has 0 amide bonds. The van der Waals surface area contributed by atoms with Crippen molar-refractivity contribution in [3.63, 3.8) is 0 Å². The van der Waals surface area contributed by atoms with Gasteiger partial charge < -0.3 is 10.5 Å². The van der Waals surface area contributed by atoms with E-state index >= 15 is 0 Å². The highest BCUT2D eigenvalue weighted by molar-refractivity contribution is 6.33. The summed E-state index contributed by atoms with van der Waals surface area (Å²) in [6.07, 6.45) is 1.96. The number of benzene rings is 1. The van der Waals surface area contributed by atoms with Crippen molar-refractivity contribution in [2.24, 2.45) is 0 Å². The molecule has 1 atom stereocenters. The number of hydrogen-bond donors (Lipinski definition) is 1. The van der Waals surface area contributed by atoms with Crippen molar-refractivity contribution < 1.29 is 4.74 Å². The Balaban J connectivity index is 2.37. The van der Waals surface area contributed by atoms with Crippen molar-refractivity contribution in [3.8, 4) is 11.4 Å². The van der Waals surface area contributed by atoms with Crippen molar-refractivity contribution in [1.29, 1.82) is 0 Å². The molecular formula is C13H18ClN5O. The summed E-state index contributed by atoms with van der Waals surface area (Å²) in [5, 5.41) is 12.5. The number of nitrogens with two attached hydrogens (primary N) is 1. The van der Waals surface area contributed by atoms with Crippen molar-refractivity contribution in [1.82, 2.24) is 20.2 Å². The van der Waals surface area contributed by atoms with E-state index in [4.69, 9.17) is 22.1 Å². The molecule has 0 aliphatic carbocycles. The molecule has 0 saturated heterocycles. The van der Waals surface area contributed by atoms with Gasteiger partial charge in [-0.05, 0) is 35.0 Å². The van der Waals surface area contributed by atoms with Crippen molar-refractivity contribution in [3.05, 3.63) is 23.2 Å². The lowest BCUT2D eigenvalue weighted by Gasteiger charge is -2.16. The Kier molecular flexibility index (Phi) is 4.92. The number of nitrogens with zero attached hydrogens (tertiary/aromatic N) is 4. The van der Waals surface area contributed by atoms with Crippen LogP contribution in [0.5, 0.6) is 0 Å². The van der Waals surface area contributed by atoms with E-state index in [9.17, 15) is 0 Å². The van der Waals surface area contributed by atoms with Crippen molar-refractivity contribution in [2.45, 2.75) is 25.8 Å². The minimum Gasteiger partial charge on any atom is -0.398 e. The van der Waals surface area contributed by atoms with E-state index in [2.05, 4.69) is 22.4 Å². The zero-order valence-electron chi connectivity index (χ0n) is 11.6. The van der Waals surface area contributed by atoms with E-state index in [1.807, 2.05) is 6.07 Å². The maximum Gasteiger partial charge on any atom is 0.182 e. The second-order valence-electron chi connectivity index (χ2n) is 4.58. The number of aromatic nitrogens is 4. The second kappa shape index (κ2) is 6.67. The number of nitrogen functional groups attached to an aromatic ring is 1. The molecule has 1 aromatic carbocycles. The molecular weight excluding hydrogens is 278 g/mol. The van der Waals surface area contributed by atoms with Gasteiger partial charge in [-0.15, -0.1) is 5.10 Å². The molecule has 7 heteroatoms. The molecule has 2 rings (SSSR count). The monoisotopic (exact) mass is 295 g/mol. The Morgan fingerprint density at radius 1 is 1.45 bits per heavy atom. The Morgan fingerprint density at radius 2 is 2.25 bits per heavy atom. The first-order chi connectivity index (χ1) is 9.67. The van der Waals surface area contributed by atoms with E-state index in [0.29, 0.717) is 23.1 Å². The molecule has 0 radical (unpaired) electrons. The minimum absolute atomic E-state index is 0.104. The van der Waals surface area contributed by atoms with Crippen LogP contribution in [0.25, 0.3) is 11.4 Å². The van der Waals surface area contributed by atoms with E-state index in [1.54, 1.807) is 23.9 Å². The molecule has 2 N–H and O–H groups in total. The number of hydrogen-bond acceptors (Lipinski definition) is 5. The molecule has 6 nitrogen and oxygen atoms in total. The fourth-order valence-electron chi connectivity index (χ4n) is 2.11. The van der Waals surface area contributed by atoms with E-state index in [-0.39, 0.29) is 6.04 Å². The van der Waals surface area contributed by atoms with Crippen LogP contribution in [0.3, 0.4) is 0 Å². The predicted molar refractivity (Wildman–Crippen MR) is 78.5 cm³/mol. The van der Waals surface area contributed by atoms with Gasteiger partial charge in [-0.2, -0.15) is 0 Å². The summed E-state index contributed by atoms with van der Waals surface area (Å²) in [4.78, 5) is 0. The zero-order valence-corrected chi connectivity index (χ0v) is 12.3. The number of tetrazole rings is 1. The van der Waals surface area contributed by atoms with Gasteiger partial charge in [-0.3, -0.25) is 0 Å². The van der Waals surface area contributed by atoms with Crippen LogP contribution >= 0.6 is 11.6 Å². The van der Waals surface area contributed by atoms with Gasteiger partial charge in [0.05, 0.1) is 23.4 Å². The van der Waals surface area contributed by atoms with E-state index in [0.717, 1.165) is 18.4 Å². The van der Waals surface area contributed by atoms with Crippen LogP contribution in [-0.2, 0) is 4.74 Å². The van der Waals surface area contributed by atoms with E-state index in [1.165, 1.54) is 0 Å². The highest BCUT2D eigenvalue weighted by Gasteiger charge is 2.18. The first-order valence-corrected chi connectivity index (χ1v) is 6.87. The van der Waals surface area contributed by atoms with Crippen LogP contribution in [0.1, 0.15) is 25.8 Å². The van der Waals surface area contributed by atoms with Gasteiger partial charge in [-0.1, -0.05) is 24.9 Å². The van der Waals surface area contributed by atoms with Gasteiger partial charge >= 0.3 is 0 Å². The molecule has 0 fully saturated rings. The molecule has 0 aliphatic rings. The van der Waals surface area contributed by atoms with Gasteiger partial charge in [-0.25, -0.2) is 4.68 Å². The first kappa shape index (κ1) is 14.7. The van der Waals surface area contributed by atoms with Gasteiger partial charge in [0.1, 0.15) is 0 Å². The summed E-state index contributed by atoms with van der Waals surface area (Å²) in [6, 6.07) is 5.49. The Bertz CT molecular complexity index is 566. The predicted octanol–water partition coefficient (Wildman–Crippen LogP) is 2.56. The highest BCUT2D eigenvalue weighted by atomic mass is 35.5. The lowest BCUT2D eigenvalue weighted by atomic mass is 10.1. The highest BCUT2D eigenvalue weighted by Crippen LogP contribution is 2.27. The second-order valence-corrected chi connectivity index (χ2v) is 4.99. The standard InChI is InChI=1S/C13H18ClN5O/c1-3-4-10(8-20-2)19-13(16-17-18-19)9-5-6-11(14)12(15)7-9/h5-7,10H,3-4,8,15H2,1-2H3. The molecule has 20 heavy (non-hydrogen) atoms. The van der Waals surface area contributed by atoms with Crippen LogP contribution in [0.4, 0.5) is 5.69 Å². The third kappa shape index (κ3) is 3.08. The lowest BCUT2D eigenvalue weighted by molar-refractivity contribution is 0.144. The molecule has 0 bridgehead atoms. The third-order valence-corrected chi connectivity index (χ3v) is 3.42. The Morgan fingerprint density at radius 3 is 2.90 bits per heavy atom. The van der Waals surface area contributed by atoms with Crippen LogP contribution in [0.15, 0.2) is 18.2 Å². The fraction of sp³-hybridized carbons (Fsp3) is 0.462. The van der Waals surface area contributed by atoms with Crippen molar-refractivity contribution in [2.75, 3.05) is 19.5 Å². The zero-order chi connectivity index (χ0) is 14.5. The summed E-state index contributed by atoms with van der Waals surface area (Å²) < 4.78 is 7.04. The summed E-state index contributed by atoms with van der Waals surface area (Å²) in [6.45, 7) is 2.68. The van der Waals surface area contributed by atoms with Gasteiger partial charge in [0, 0.05) is 12.7 Å². The Labute approximate surface area is 122 Å². The maximum absolute atomic E-state index is 5.94. The van der Waals surface area contributed by atoms with Crippen molar-refractivity contribution >= 4 is 17.3 Å². The molecule has 1 unspecified atom stereocenters. The van der Waals surface area contributed by atoms with Gasteiger partial charge in [0.25, 0.3) is 0 Å². The average Bonchev–Trinajstić information content (AvgIpc) is 2.91. The third-order valence-electron chi connectivity index (χ3n) is 3.07. The van der Waals surface area contributed by atoms with Crippen LogP contribution in [0.2, 0.25) is 5.02 Å². The molecule has 0 spiro atoms. The number of ether oxygens (including phenoxy) is 1. The summed E-state index contributed by atoms with van der Waals surface area (Å²) in [7, 11) is 1.67. The van der Waals surface area contributed by atoms with Crippen LogP contribution in [-0.4, -0.2) is 33.9 Å². The molecule has 2 aromatic rings. The first-order valence-electron chi connectivity index (χ1n) is 6.49. The summed E-state index contributed by atoms with van der Waals surface area (Å²) in [5.41, 5.74) is 7.19. The van der Waals surface area contributed by atoms with E-state index < -0.39 is 0 Å². The number of anilines is 1. The normalized spacial score (nSPS) is 12.6. The molecule has 108 valence electrons. The largest absolute Gasteiger partial charge is 0.398 e. The minimum atomic E-state index is 0.104. The maximum atomic E-state index is 5.94. The summed E-state index contributed by atoms with van der Waals surface area (Å²) >= 11 is 5.94. The number of rotatable bonds is 6. The van der Waals surface area contributed by atoms with Crippen LogP contribution in [0, 0.1) is 0 Å². The molecule has 1 heterocycles. The van der Waals surface area contributed by atoms with Gasteiger partial charge in [0.15, 0.2) is 5.82 Å². The topological polar surface area (TPSA) is 78.8 Å². The summed E-state index contributed by atoms with van der Waals surface area (Å²) in [5.74, 6) is 0.670. The molecule has 1 aromatic heterocycles. The van der Waals surface area contributed by atoms with Gasteiger partial charge in [0.2, 0.25) is 0 Å². The molecule has 0 saturated carbocycles. The fourth-order valence-corrected chi connectivity index (χ4v) is 2.23. The number of halogens is 1. The average molecular weight is 296 g/mol. The number of methoxy groups -OCH3 is 1. The SMILES string of the molecule is CCCC(COC)n1nnnc1-c1ccc(Cl)c(N)c1. The Hall–Kier alpha value is -1.66. The smallest absolute Gasteiger partial charge is 0.182 e. The quantitative estimate of drug-likeness (QED) is 0.829.